The van der Waals surface area contributed by atoms with Crippen LogP contribution in [0.2, 0.25) is 0 Å². The Morgan fingerprint density at radius 2 is 1.72 bits per heavy atom. The van der Waals surface area contributed by atoms with Crippen LogP contribution in [0.15, 0.2) is 18.2 Å². The van der Waals surface area contributed by atoms with Crippen LogP contribution in [-0.4, -0.2) is 58.8 Å². The summed E-state index contributed by atoms with van der Waals surface area (Å²) in [6, 6.07) is 3.77. The molecule has 4 atom stereocenters. The summed E-state index contributed by atoms with van der Waals surface area (Å²) in [5.41, 5.74) is 1.87. The van der Waals surface area contributed by atoms with E-state index in [4.69, 9.17) is 4.74 Å². The van der Waals surface area contributed by atoms with E-state index in [2.05, 4.69) is 10.6 Å². The third-order valence-corrected chi connectivity index (χ3v) is 6.17. The Morgan fingerprint density at radius 3 is 2.22 bits per heavy atom. The van der Waals surface area contributed by atoms with Crippen molar-refractivity contribution in [1.82, 2.24) is 15.5 Å². The van der Waals surface area contributed by atoms with Crippen molar-refractivity contribution in [2.24, 2.45) is 5.92 Å². The zero-order valence-corrected chi connectivity index (χ0v) is 23.6. The number of carbonyl (C=O) groups is 3. The van der Waals surface area contributed by atoms with Gasteiger partial charge >= 0.3 is 6.09 Å². The summed E-state index contributed by atoms with van der Waals surface area (Å²) in [7, 11) is 0. The Bertz CT molecular complexity index is 880. The van der Waals surface area contributed by atoms with Gasteiger partial charge in [0.2, 0.25) is 11.8 Å². The van der Waals surface area contributed by atoms with Crippen molar-refractivity contribution in [3.63, 3.8) is 0 Å². The van der Waals surface area contributed by atoms with Crippen molar-refractivity contribution in [2.75, 3.05) is 13.2 Å². The van der Waals surface area contributed by atoms with Gasteiger partial charge in [-0.1, -0.05) is 57.4 Å². The van der Waals surface area contributed by atoms with E-state index in [9.17, 15) is 19.5 Å². The lowest BCUT2D eigenvalue weighted by atomic mass is 9.93. The molecular weight excluding hydrogens is 458 g/mol. The van der Waals surface area contributed by atoms with E-state index in [1.165, 1.54) is 4.90 Å². The number of aliphatic hydroxyl groups excluding tert-OH is 1. The number of alkyl carbamates (subject to hydrolysis) is 1. The minimum absolute atomic E-state index is 0.0602. The second-order valence-electron chi connectivity index (χ2n) is 10.7. The molecule has 204 valence electrons. The summed E-state index contributed by atoms with van der Waals surface area (Å²) in [6.07, 6.45) is 1.63. The molecule has 0 saturated heterocycles. The highest BCUT2D eigenvalue weighted by Crippen LogP contribution is 2.28. The molecule has 1 aromatic rings. The molecule has 0 spiro atoms. The summed E-state index contributed by atoms with van der Waals surface area (Å²) < 4.78 is 5.41. The van der Waals surface area contributed by atoms with Gasteiger partial charge in [0.05, 0.1) is 6.61 Å². The molecule has 0 aliphatic heterocycles. The van der Waals surface area contributed by atoms with Crippen LogP contribution < -0.4 is 10.6 Å². The first-order valence-corrected chi connectivity index (χ1v) is 13.0. The number of carbonyl (C=O) groups excluding carboxylic acids is 3. The van der Waals surface area contributed by atoms with Crippen LogP contribution in [-0.2, 0) is 14.3 Å². The topological polar surface area (TPSA) is 108 Å². The lowest BCUT2D eigenvalue weighted by Gasteiger charge is -2.36. The Labute approximate surface area is 217 Å². The van der Waals surface area contributed by atoms with Gasteiger partial charge in [-0.25, -0.2) is 4.79 Å². The van der Waals surface area contributed by atoms with Gasteiger partial charge in [-0.05, 0) is 65.0 Å². The molecule has 0 saturated carbocycles. The fourth-order valence-electron chi connectivity index (χ4n) is 4.18. The van der Waals surface area contributed by atoms with Gasteiger partial charge in [-0.2, -0.15) is 0 Å². The van der Waals surface area contributed by atoms with Crippen molar-refractivity contribution in [3.8, 4) is 0 Å². The van der Waals surface area contributed by atoms with Crippen molar-refractivity contribution in [2.45, 2.75) is 105 Å². The van der Waals surface area contributed by atoms with Crippen LogP contribution in [0.5, 0.6) is 0 Å². The van der Waals surface area contributed by atoms with Crippen LogP contribution in [0.1, 0.15) is 90.5 Å². The Morgan fingerprint density at radius 1 is 1.08 bits per heavy atom. The molecule has 8 heteroatoms. The molecule has 3 amide bonds. The summed E-state index contributed by atoms with van der Waals surface area (Å²) >= 11 is 0. The predicted octanol–water partition coefficient (Wildman–Crippen LogP) is 4.41. The minimum Gasteiger partial charge on any atom is -0.444 e. The van der Waals surface area contributed by atoms with E-state index in [0.29, 0.717) is 12.0 Å². The molecule has 0 aliphatic carbocycles. The third-order valence-electron chi connectivity index (χ3n) is 6.17. The number of aliphatic hydroxyl groups is 1. The summed E-state index contributed by atoms with van der Waals surface area (Å²) in [5, 5.41) is 15.7. The van der Waals surface area contributed by atoms with Gasteiger partial charge in [-0.3, -0.25) is 9.59 Å². The fourth-order valence-corrected chi connectivity index (χ4v) is 4.18. The maximum absolute atomic E-state index is 14.0. The zero-order valence-electron chi connectivity index (χ0n) is 23.6. The van der Waals surface area contributed by atoms with Crippen LogP contribution in [0.3, 0.4) is 0 Å². The van der Waals surface area contributed by atoms with Gasteiger partial charge < -0.3 is 25.4 Å². The monoisotopic (exact) mass is 505 g/mol. The first-order chi connectivity index (χ1) is 16.7. The molecule has 0 radical (unpaired) electrons. The number of rotatable bonds is 12. The number of amides is 3. The highest BCUT2D eigenvalue weighted by atomic mass is 16.6. The molecule has 1 aromatic carbocycles. The van der Waals surface area contributed by atoms with Gasteiger partial charge in [0.1, 0.15) is 17.7 Å². The van der Waals surface area contributed by atoms with E-state index in [1.54, 1.807) is 20.8 Å². The SMILES string of the molecule is CCCC(C)NC(=O)C(c1ccc(C)cc1C)N(CCO)C(=O)C(NC(=O)OC(C)(C)C)C(C)CC. The van der Waals surface area contributed by atoms with Crippen LogP contribution >= 0.6 is 0 Å². The average Bonchev–Trinajstić information content (AvgIpc) is 2.76. The van der Waals surface area contributed by atoms with E-state index in [-0.39, 0.29) is 31.0 Å². The number of benzene rings is 1. The standard InChI is InChI=1S/C28H47N3O5/c1-10-12-21(6)29-25(33)24(22-14-13-18(3)17-20(22)5)31(15-16-32)26(34)23(19(4)11-2)30-27(35)36-28(7,8)9/h13-14,17,19,21,23-24,32H,10-12,15-16H2,1-9H3,(H,29,33)(H,30,35). The molecular formula is C28H47N3O5. The molecule has 4 unspecified atom stereocenters. The van der Waals surface area contributed by atoms with Gasteiger partial charge in [0.25, 0.3) is 0 Å². The Hall–Kier alpha value is -2.61. The largest absolute Gasteiger partial charge is 0.444 e. The number of hydrogen-bond acceptors (Lipinski definition) is 5. The maximum atomic E-state index is 14.0. The highest BCUT2D eigenvalue weighted by molar-refractivity contribution is 5.92. The van der Waals surface area contributed by atoms with Crippen LogP contribution in [0.4, 0.5) is 4.79 Å². The molecule has 0 heterocycles. The van der Waals surface area contributed by atoms with Crippen molar-refractivity contribution < 1.29 is 24.2 Å². The molecule has 36 heavy (non-hydrogen) atoms. The number of nitrogens with zero attached hydrogens (tertiary/aromatic N) is 1. The summed E-state index contributed by atoms with van der Waals surface area (Å²) in [4.78, 5) is 41.7. The highest BCUT2D eigenvalue weighted by Gasteiger charge is 2.38. The van der Waals surface area contributed by atoms with Crippen molar-refractivity contribution in [1.29, 1.82) is 0 Å². The number of nitrogens with one attached hydrogen (secondary N) is 2. The normalized spacial score (nSPS) is 14.8. The Kier molecular flexibility index (Phi) is 12.4. The smallest absolute Gasteiger partial charge is 0.408 e. The number of ether oxygens (including phenoxy) is 1. The second-order valence-corrected chi connectivity index (χ2v) is 10.7. The first kappa shape index (κ1) is 31.4. The predicted molar refractivity (Wildman–Crippen MR) is 143 cm³/mol. The first-order valence-electron chi connectivity index (χ1n) is 13.0. The quantitative estimate of drug-likeness (QED) is 0.390. The van der Waals surface area contributed by atoms with Gasteiger partial charge in [0, 0.05) is 12.6 Å². The lowest BCUT2D eigenvalue weighted by molar-refractivity contribution is -0.144. The van der Waals surface area contributed by atoms with Crippen molar-refractivity contribution in [3.05, 3.63) is 34.9 Å². The summed E-state index contributed by atoms with van der Waals surface area (Å²) in [5.74, 6) is -0.981. The fraction of sp³-hybridized carbons (Fsp3) is 0.679. The van der Waals surface area contributed by atoms with Gasteiger partial charge in [0.15, 0.2) is 0 Å². The minimum atomic E-state index is -0.962. The molecule has 0 fully saturated rings. The number of hydrogen-bond donors (Lipinski definition) is 3. The molecule has 0 bridgehead atoms. The molecule has 0 aromatic heterocycles. The molecule has 0 aliphatic rings. The molecule has 3 N–H and O–H groups in total. The van der Waals surface area contributed by atoms with Crippen LogP contribution in [0, 0.1) is 19.8 Å². The summed E-state index contributed by atoms with van der Waals surface area (Å²) in [6.45, 7) is 16.5. The maximum Gasteiger partial charge on any atom is 0.408 e. The number of aryl methyl sites for hydroxylation is 2. The van der Waals surface area contributed by atoms with Crippen LogP contribution in [0.25, 0.3) is 0 Å². The van der Waals surface area contributed by atoms with E-state index >= 15 is 0 Å². The molecule has 1 rings (SSSR count). The lowest BCUT2D eigenvalue weighted by Crippen LogP contribution is -2.56. The molecule has 8 nitrogen and oxygen atoms in total. The van der Waals surface area contributed by atoms with E-state index in [0.717, 1.165) is 24.0 Å². The van der Waals surface area contributed by atoms with Crippen molar-refractivity contribution >= 4 is 17.9 Å². The van der Waals surface area contributed by atoms with E-state index < -0.39 is 29.7 Å². The average molecular weight is 506 g/mol. The van der Waals surface area contributed by atoms with Gasteiger partial charge in [-0.15, -0.1) is 0 Å². The Balaban J connectivity index is 3.53. The third kappa shape index (κ3) is 9.45. The zero-order chi connectivity index (χ0) is 27.6. The van der Waals surface area contributed by atoms with E-state index in [1.807, 2.05) is 59.7 Å². The second kappa shape index (κ2) is 14.2.